The Morgan fingerprint density at radius 2 is 2.17 bits per heavy atom. The Balaban J connectivity index is 2.50. The molecule has 0 fully saturated rings. The van der Waals surface area contributed by atoms with Gasteiger partial charge in [-0.15, -0.1) is 0 Å². The third-order valence-electron chi connectivity index (χ3n) is 2.71. The first-order chi connectivity index (χ1) is 8.63. The second-order valence-corrected chi connectivity index (χ2v) is 3.93. The monoisotopic (exact) mass is 245 g/mol. The highest BCUT2D eigenvalue weighted by molar-refractivity contribution is 6.02. The molecule has 2 rings (SSSR count). The zero-order valence-corrected chi connectivity index (χ0v) is 10.4. The lowest BCUT2D eigenvalue weighted by Gasteiger charge is -2.00. The number of hydrogen-bond donors (Lipinski definition) is 2. The first-order valence-corrected chi connectivity index (χ1v) is 5.74. The maximum atomic E-state index is 10.6. The summed E-state index contributed by atoms with van der Waals surface area (Å²) >= 11 is 0. The smallest absolute Gasteiger partial charge is 0.332 e. The van der Waals surface area contributed by atoms with Gasteiger partial charge in [-0.05, 0) is 19.4 Å². The minimum atomic E-state index is -0.691. The van der Waals surface area contributed by atoms with Gasteiger partial charge in [0.2, 0.25) is 0 Å². The van der Waals surface area contributed by atoms with Crippen molar-refractivity contribution in [1.82, 2.24) is 5.43 Å². The lowest BCUT2D eigenvalue weighted by molar-refractivity contribution is 0.249. The molecule has 18 heavy (non-hydrogen) atoms. The molecule has 0 atom stereocenters. The van der Waals surface area contributed by atoms with Crippen LogP contribution in [0.5, 0.6) is 0 Å². The maximum Gasteiger partial charge on any atom is 0.332 e. The summed E-state index contributed by atoms with van der Waals surface area (Å²) in [6.07, 6.45) is 0.829. The van der Waals surface area contributed by atoms with Crippen molar-refractivity contribution < 1.29 is 9.21 Å². The third kappa shape index (κ3) is 2.20. The Kier molecular flexibility index (Phi) is 3.32. The maximum absolute atomic E-state index is 10.6. The van der Waals surface area contributed by atoms with E-state index in [9.17, 15) is 4.79 Å². The van der Waals surface area contributed by atoms with Crippen molar-refractivity contribution >= 4 is 22.7 Å². The van der Waals surface area contributed by atoms with Gasteiger partial charge < -0.3 is 10.2 Å². The number of hydrazone groups is 1. The number of urea groups is 1. The van der Waals surface area contributed by atoms with E-state index in [0.717, 1.165) is 23.0 Å². The van der Waals surface area contributed by atoms with Crippen LogP contribution < -0.4 is 11.2 Å². The lowest BCUT2D eigenvalue weighted by Crippen LogP contribution is -2.25. The molecule has 0 aliphatic rings. The summed E-state index contributed by atoms with van der Waals surface area (Å²) in [5.41, 5.74) is 9.68. The van der Waals surface area contributed by atoms with E-state index in [0.29, 0.717) is 11.5 Å². The first-order valence-electron chi connectivity index (χ1n) is 5.74. The number of carbonyl (C=O) groups is 1. The number of aryl methyl sites for hydroxylation is 1. The number of nitrogens with two attached hydrogens (primary N) is 1. The number of para-hydroxylation sites is 1. The van der Waals surface area contributed by atoms with Crippen LogP contribution in [-0.2, 0) is 6.42 Å². The predicted octanol–water partition coefficient (Wildman–Crippen LogP) is 2.39. The van der Waals surface area contributed by atoms with Crippen LogP contribution in [0.15, 0.2) is 33.8 Å². The molecule has 0 saturated carbocycles. The molecular weight excluding hydrogens is 230 g/mol. The number of rotatable bonds is 3. The Labute approximate surface area is 105 Å². The van der Waals surface area contributed by atoms with Gasteiger partial charge in [0.1, 0.15) is 11.3 Å². The summed E-state index contributed by atoms with van der Waals surface area (Å²) in [6, 6.07) is 7.12. The van der Waals surface area contributed by atoms with Crippen molar-refractivity contribution in [2.75, 3.05) is 0 Å². The van der Waals surface area contributed by atoms with Crippen LogP contribution in [0.1, 0.15) is 25.2 Å². The molecule has 1 aromatic carbocycles. The average molecular weight is 245 g/mol. The lowest BCUT2D eigenvalue weighted by atomic mass is 10.1. The largest absolute Gasteiger partial charge is 0.454 e. The number of furan rings is 1. The summed E-state index contributed by atoms with van der Waals surface area (Å²) in [5, 5.41) is 4.97. The standard InChI is InChI=1S/C13H15N3O2/c1-3-9-10-6-4-5-7-11(10)18-12(9)8(2)15-16-13(14)17/h4-7H,3H2,1-2H3,(H3,14,16,17). The van der Waals surface area contributed by atoms with Gasteiger partial charge in [-0.1, -0.05) is 25.1 Å². The number of fused-ring (bicyclic) bond motifs is 1. The SMILES string of the molecule is CCc1c(C(C)=NNC(N)=O)oc2ccccc12. The molecule has 2 aromatic rings. The molecule has 0 radical (unpaired) electrons. The zero-order valence-electron chi connectivity index (χ0n) is 10.4. The minimum Gasteiger partial charge on any atom is -0.454 e. The Hall–Kier alpha value is -2.30. The fraction of sp³-hybridized carbons (Fsp3) is 0.231. The van der Waals surface area contributed by atoms with Crippen LogP contribution in [0.3, 0.4) is 0 Å². The summed E-state index contributed by atoms with van der Waals surface area (Å²) in [7, 11) is 0. The van der Waals surface area contributed by atoms with Crippen LogP contribution in [0.4, 0.5) is 4.79 Å². The highest BCUT2D eigenvalue weighted by Crippen LogP contribution is 2.26. The Morgan fingerprint density at radius 3 is 2.83 bits per heavy atom. The van der Waals surface area contributed by atoms with Crippen molar-refractivity contribution in [2.24, 2.45) is 10.8 Å². The van der Waals surface area contributed by atoms with E-state index in [1.54, 1.807) is 6.92 Å². The van der Waals surface area contributed by atoms with E-state index < -0.39 is 6.03 Å². The van der Waals surface area contributed by atoms with Gasteiger partial charge in [-0.25, -0.2) is 10.2 Å². The quantitative estimate of drug-likeness (QED) is 0.643. The Morgan fingerprint density at radius 1 is 1.44 bits per heavy atom. The second kappa shape index (κ2) is 4.91. The van der Waals surface area contributed by atoms with Gasteiger partial charge in [-0.2, -0.15) is 5.10 Å². The van der Waals surface area contributed by atoms with Crippen molar-refractivity contribution in [3.8, 4) is 0 Å². The summed E-state index contributed by atoms with van der Waals surface area (Å²) in [6.45, 7) is 3.82. The van der Waals surface area contributed by atoms with Crippen LogP contribution >= 0.6 is 0 Å². The van der Waals surface area contributed by atoms with E-state index in [2.05, 4.69) is 17.5 Å². The molecule has 0 aliphatic carbocycles. The highest BCUT2D eigenvalue weighted by Gasteiger charge is 2.14. The van der Waals surface area contributed by atoms with Crippen LogP contribution in [0.2, 0.25) is 0 Å². The molecular formula is C13H15N3O2. The molecule has 1 aromatic heterocycles. The van der Waals surface area contributed by atoms with E-state index >= 15 is 0 Å². The molecule has 0 unspecified atom stereocenters. The van der Waals surface area contributed by atoms with E-state index in [1.165, 1.54) is 0 Å². The second-order valence-electron chi connectivity index (χ2n) is 3.93. The Bertz CT molecular complexity index is 614. The minimum absolute atomic E-state index is 0.599. The molecule has 0 bridgehead atoms. The number of benzene rings is 1. The molecule has 0 aliphatic heterocycles. The van der Waals surface area contributed by atoms with E-state index in [4.69, 9.17) is 10.2 Å². The number of primary amides is 1. The topological polar surface area (TPSA) is 80.6 Å². The van der Waals surface area contributed by atoms with Gasteiger partial charge in [0.05, 0.1) is 0 Å². The van der Waals surface area contributed by atoms with Gasteiger partial charge in [0.15, 0.2) is 5.76 Å². The summed E-state index contributed by atoms with van der Waals surface area (Å²) in [5.74, 6) is 0.687. The number of hydrogen-bond acceptors (Lipinski definition) is 3. The number of nitrogens with one attached hydrogen (secondary N) is 1. The molecule has 0 saturated heterocycles. The fourth-order valence-corrected chi connectivity index (χ4v) is 1.93. The van der Waals surface area contributed by atoms with Crippen LogP contribution in [0.25, 0.3) is 11.0 Å². The van der Waals surface area contributed by atoms with Crippen molar-refractivity contribution in [3.05, 3.63) is 35.6 Å². The number of carbonyl (C=O) groups excluding carboxylic acids is 1. The van der Waals surface area contributed by atoms with Crippen molar-refractivity contribution in [3.63, 3.8) is 0 Å². The van der Waals surface area contributed by atoms with Gasteiger partial charge >= 0.3 is 6.03 Å². The molecule has 1 heterocycles. The first kappa shape index (κ1) is 12.2. The number of nitrogens with zero attached hydrogens (tertiary/aromatic N) is 1. The van der Waals surface area contributed by atoms with Gasteiger partial charge in [-0.3, -0.25) is 0 Å². The van der Waals surface area contributed by atoms with Crippen LogP contribution in [-0.4, -0.2) is 11.7 Å². The molecule has 0 spiro atoms. The average Bonchev–Trinajstić information content (AvgIpc) is 2.74. The zero-order chi connectivity index (χ0) is 13.1. The third-order valence-corrected chi connectivity index (χ3v) is 2.71. The highest BCUT2D eigenvalue weighted by atomic mass is 16.3. The van der Waals surface area contributed by atoms with Crippen molar-refractivity contribution in [2.45, 2.75) is 20.3 Å². The molecule has 5 heteroatoms. The fourth-order valence-electron chi connectivity index (χ4n) is 1.93. The number of amides is 2. The normalized spacial score (nSPS) is 11.8. The predicted molar refractivity (Wildman–Crippen MR) is 70.5 cm³/mol. The van der Waals surface area contributed by atoms with Crippen LogP contribution in [0, 0.1) is 0 Å². The van der Waals surface area contributed by atoms with Gasteiger partial charge in [0.25, 0.3) is 0 Å². The molecule has 94 valence electrons. The van der Waals surface area contributed by atoms with E-state index in [-0.39, 0.29) is 0 Å². The summed E-state index contributed by atoms with van der Waals surface area (Å²) < 4.78 is 5.76. The van der Waals surface area contributed by atoms with E-state index in [1.807, 2.05) is 24.3 Å². The molecule has 3 N–H and O–H groups in total. The molecule has 2 amide bonds. The summed E-state index contributed by atoms with van der Waals surface area (Å²) in [4.78, 5) is 10.6. The van der Waals surface area contributed by atoms with Gasteiger partial charge in [0, 0.05) is 10.9 Å². The molecule has 5 nitrogen and oxygen atoms in total. The van der Waals surface area contributed by atoms with Crippen molar-refractivity contribution in [1.29, 1.82) is 0 Å².